The smallest absolute Gasteiger partial charge is 0.335 e. The molecule has 2 rings (SSSR count). The lowest BCUT2D eigenvalue weighted by Crippen LogP contribution is -2.03. The Balaban J connectivity index is 2.63. The molecule has 0 saturated carbocycles. The predicted molar refractivity (Wildman–Crippen MR) is 77.7 cm³/mol. The van der Waals surface area contributed by atoms with Gasteiger partial charge in [0.1, 0.15) is 5.75 Å². The van der Waals surface area contributed by atoms with Crippen LogP contribution in [0.25, 0.3) is 11.1 Å². The van der Waals surface area contributed by atoms with E-state index in [9.17, 15) is 14.4 Å². The molecule has 6 nitrogen and oxygen atoms in total. The number of methoxy groups -OCH3 is 1. The molecule has 0 aliphatic heterocycles. The zero-order chi connectivity index (χ0) is 16.3. The molecule has 0 bridgehead atoms. The van der Waals surface area contributed by atoms with Gasteiger partial charge >= 0.3 is 11.9 Å². The van der Waals surface area contributed by atoms with Gasteiger partial charge in [-0.1, -0.05) is 6.07 Å². The summed E-state index contributed by atoms with van der Waals surface area (Å²) in [5.74, 6) is -2.08. The van der Waals surface area contributed by atoms with Gasteiger partial charge in [-0.15, -0.1) is 0 Å². The van der Waals surface area contributed by atoms with Crippen LogP contribution in [-0.2, 0) is 0 Å². The van der Waals surface area contributed by atoms with Crippen molar-refractivity contribution in [1.29, 1.82) is 0 Å². The fraction of sp³-hybridized carbons (Fsp3) is 0.0625. The molecule has 0 fully saturated rings. The Bertz CT molecular complexity index is 731. The molecule has 0 amide bonds. The number of carboxylic acids is 2. The molecule has 6 heteroatoms. The summed E-state index contributed by atoms with van der Waals surface area (Å²) >= 11 is 0. The Morgan fingerprint density at radius 3 is 2.00 bits per heavy atom. The van der Waals surface area contributed by atoms with E-state index in [-0.39, 0.29) is 16.7 Å². The largest absolute Gasteiger partial charge is 0.496 e. The first-order valence-electron chi connectivity index (χ1n) is 6.21. The van der Waals surface area contributed by atoms with E-state index in [0.717, 1.165) is 6.07 Å². The third-order valence-corrected chi connectivity index (χ3v) is 3.12. The molecular weight excluding hydrogens is 288 g/mol. The summed E-state index contributed by atoms with van der Waals surface area (Å²) in [4.78, 5) is 33.3. The van der Waals surface area contributed by atoms with E-state index in [4.69, 9.17) is 14.9 Å². The standard InChI is InChI=1S/C16H12O6/c1-22-14-3-2-9(4-13(14)8-17)10-5-11(15(18)19)7-12(6-10)16(20)21/h2-8H,1H3,(H,18,19)(H,20,21). The van der Waals surface area contributed by atoms with E-state index >= 15 is 0 Å². The van der Waals surface area contributed by atoms with Crippen LogP contribution >= 0.6 is 0 Å². The van der Waals surface area contributed by atoms with Gasteiger partial charge in [-0.05, 0) is 41.5 Å². The Labute approximate surface area is 125 Å². The summed E-state index contributed by atoms with van der Waals surface area (Å²) in [5.41, 5.74) is 0.922. The molecule has 0 atom stereocenters. The number of carbonyl (C=O) groups is 3. The molecule has 22 heavy (non-hydrogen) atoms. The highest BCUT2D eigenvalue weighted by atomic mass is 16.5. The normalized spacial score (nSPS) is 10.0. The lowest BCUT2D eigenvalue weighted by molar-refractivity contribution is 0.0696. The number of ether oxygens (including phenoxy) is 1. The van der Waals surface area contributed by atoms with Crippen LogP contribution in [0.15, 0.2) is 36.4 Å². The van der Waals surface area contributed by atoms with E-state index in [1.807, 2.05) is 0 Å². The fourth-order valence-corrected chi connectivity index (χ4v) is 2.05. The molecule has 0 spiro atoms. The molecule has 0 unspecified atom stereocenters. The lowest BCUT2D eigenvalue weighted by atomic mass is 9.98. The second kappa shape index (κ2) is 6.09. The molecule has 112 valence electrons. The molecule has 2 aromatic rings. The average Bonchev–Trinajstić information content (AvgIpc) is 2.53. The van der Waals surface area contributed by atoms with Crippen LogP contribution in [0.3, 0.4) is 0 Å². The quantitative estimate of drug-likeness (QED) is 0.823. The van der Waals surface area contributed by atoms with Crippen molar-refractivity contribution in [2.24, 2.45) is 0 Å². The Kier molecular flexibility index (Phi) is 4.22. The maximum Gasteiger partial charge on any atom is 0.335 e. The molecular formula is C16H12O6. The highest BCUT2D eigenvalue weighted by Crippen LogP contribution is 2.27. The van der Waals surface area contributed by atoms with Crippen molar-refractivity contribution in [2.45, 2.75) is 0 Å². The summed E-state index contributed by atoms with van der Waals surface area (Å²) in [6, 6.07) is 8.48. The van der Waals surface area contributed by atoms with Crippen molar-refractivity contribution >= 4 is 18.2 Å². The summed E-state index contributed by atoms with van der Waals surface area (Å²) in [6.07, 6.45) is 0.613. The Hall–Kier alpha value is -3.15. The zero-order valence-electron chi connectivity index (χ0n) is 11.6. The van der Waals surface area contributed by atoms with Crippen LogP contribution in [0.1, 0.15) is 31.1 Å². The average molecular weight is 300 g/mol. The SMILES string of the molecule is COc1ccc(-c2cc(C(=O)O)cc(C(=O)O)c2)cc1C=O. The van der Waals surface area contributed by atoms with Crippen LogP contribution in [0.2, 0.25) is 0 Å². The molecule has 2 N–H and O–H groups in total. The van der Waals surface area contributed by atoms with Gasteiger partial charge in [-0.3, -0.25) is 4.79 Å². The van der Waals surface area contributed by atoms with Crippen molar-refractivity contribution in [3.8, 4) is 16.9 Å². The van der Waals surface area contributed by atoms with E-state index in [1.54, 1.807) is 12.1 Å². The topological polar surface area (TPSA) is 101 Å². The van der Waals surface area contributed by atoms with Gasteiger partial charge in [-0.2, -0.15) is 0 Å². The number of aromatic carboxylic acids is 2. The summed E-state index contributed by atoms with van der Waals surface area (Å²) in [7, 11) is 1.43. The second-order valence-electron chi connectivity index (χ2n) is 4.48. The number of aldehydes is 1. The first kappa shape index (κ1) is 15.2. The summed E-state index contributed by atoms with van der Waals surface area (Å²) in [6.45, 7) is 0. The number of hydrogen-bond acceptors (Lipinski definition) is 4. The second-order valence-corrected chi connectivity index (χ2v) is 4.48. The minimum absolute atomic E-state index is 0.140. The van der Waals surface area contributed by atoms with E-state index in [0.29, 0.717) is 23.2 Å². The van der Waals surface area contributed by atoms with E-state index < -0.39 is 11.9 Å². The number of benzene rings is 2. The van der Waals surface area contributed by atoms with Gasteiger partial charge in [0.2, 0.25) is 0 Å². The monoisotopic (exact) mass is 300 g/mol. The number of rotatable bonds is 5. The third-order valence-electron chi connectivity index (χ3n) is 3.12. The molecule has 0 saturated heterocycles. The van der Waals surface area contributed by atoms with Crippen LogP contribution in [0.5, 0.6) is 5.75 Å². The van der Waals surface area contributed by atoms with Crippen LogP contribution in [-0.4, -0.2) is 35.5 Å². The van der Waals surface area contributed by atoms with Crippen molar-refractivity contribution < 1.29 is 29.3 Å². The molecule has 0 aromatic heterocycles. The van der Waals surface area contributed by atoms with Gasteiger partial charge in [0.05, 0.1) is 23.8 Å². The van der Waals surface area contributed by atoms with Gasteiger partial charge < -0.3 is 14.9 Å². The highest BCUT2D eigenvalue weighted by Gasteiger charge is 2.13. The first-order chi connectivity index (χ1) is 10.5. The fourth-order valence-electron chi connectivity index (χ4n) is 2.05. The van der Waals surface area contributed by atoms with E-state index in [2.05, 4.69) is 0 Å². The maximum absolute atomic E-state index is 11.1. The highest BCUT2D eigenvalue weighted by molar-refractivity contribution is 5.96. The van der Waals surface area contributed by atoms with Crippen molar-refractivity contribution in [3.63, 3.8) is 0 Å². The molecule has 0 aliphatic carbocycles. The summed E-state index contributed by atoms with van der Waals surface area (Å²) in [5, 5.41) is 18.2. The minimum atomic E-state index is -1.23. The lowest BCUT2D eigenvalue weighted by Gasteiger charge is -2.09. The zero-order valence-corrected chi connectivity index (χ0v) is 11.6. The van der Waals surface area contributed by atoms with Crippen molar-refractivity contribution in [3.05, 3.63) is 53.1 Å². The molecule has 2 aromatic carbocycles. The minimum Gasteiger partial charge on any atom is -0.496 e. The Morgan fingerprint density at radius 1 is 0.955 bits per heavy atom. The van der Waals surface area contributed by atoms with Crippen molar-refractivity contribution in [1.82, 2.24) is 0 Å². The molecule has 0 aliphatic rings. The van der Waals surface area contributed by atoms with E-state index in [1.165, 1.54) is 25.3 Å². The first-order valence-corrected chi connectivity index (χ1v) is 6.21. The number of carbonyl (C=O) groups excluding carboxylic acids is 1. The van der Waals surface area contributed by atoms with Crippen LogP contribution < -0.4 is 4.74 Å². The van der Waals surface area contributed by atoms with Crippen LogP contribution in [0, 0.1) is 0 Å². The van der Waals surface area contributed by atoms with Crippen molar-refractivity contribution in [2.75, 3.05) is 7.11 Å². The van der Waals surface area contributed by atoms with Gasteiger partial charge in [0.25, 0.3) is 0 Å². The number of carboxylic acid groups (broad SMARTS) is 2. The van der Waals surface area contributed by atoms with Crippen LogP contribution in [0.4, 0.5) is 0 Å². The third kappa shape index (κ3) is 2.95. The van der Waals surface area contributed by atoms with Gasteiger partial charge in [0.15, 0.2) is 6.29 Å². The number of hydrogen-bond donors (Lipinski definition) is 2. The maximum atomic E-state index is 11.1. The Morgan fingerprint density at radius 2 is 1.55 bits per heavy atom. The molecule has 0 heterocycles. The predicted octanol–water partition coefficient (Wildman–Crippen LogP) is 2.57. The molecule has 0 radical (unpaired) electrons. The van der Waals surface area contributed by atoms with Gasteiger partial charge in [0, 0.05) is 0 Å². The summed E-state index contributed by atoms with van der Waals surface area (Å²) < 4.78 is 5.03. The van der Waals surface area contributed by atoms with Gasteiger partial charge in [-0.25, -0.2) is 9.59 Å².